The van der Waals surface area contributed by atoms with Crippen molar-refractivity contribution in [1.29, 1.82) is 0 Å². The zero-order valence-corrected chi connectivity index (χ0v) is 18.7. The van der Waals surface area contributed by atoms with E-state index in [9.17, 15) is 0 Å². The van der Waals surface area contributed by atoms with Crippen molar-refractivity contribution >= 4 is 17.2 Å². The van der Waals surface area contributed by atoms with Crippen LogP contribution in [0.15, 0.2) is 41.8 Å². The number of hydrogen-bond donors (Lipinski definition) is 1. The van der Waals surface area contributed by atoms with Gasteiger partial charge < -0.3 is 4.98 Å². The molecule has 3 aromatic rings. The van der Waals surface area contributed by atoms with E-state index in [1.54, 1.807) is 0 Å². The van der Waals surface area contributed by atoms with Crippen LogP contribution in [0.5, 0.6) is 0 Å². The van der Waals surface area contributed by atoms with Crippen molar-refractivity contribution in [3.63, 3.8) is 0 Å². The Morgan fingerprint density at radius 1 is 0.828 bits per heavy atom. The Labute approximate surface area is 177 Å². The van der Waals surface area contributed by atoms with Gasteiger partial charge in [0.25, 0.3) is 0 Å². The SMILES string of the molecule is C.CC.CC.CC(C)c1ccnc2[nH]ccc12.CC(C)c1ccnc2c1C=NC2. The van der Waals surface area contributed by atoms with Crippen LogP contribution in [0.2, 0.25) is 0 Å². The summed E-state index contributed by atoms with van der Waals surface area (Å²) in [5.41, 5.74) is 6.08. The van der Waals surface area contributed by atoms with E-state index in [0.29, 0.717) is 11.8 Å². The molecule has 0 amide bonds. The third kappa shape index (κ3) is 6.81. The summed E-state index contributed by atoms with van der Waals surface area (Å²) >= 11 is 0. The summed E-state index contributed by atoms with van der Waals surface area (Å²) in [6.07, 6.45) is 7.61. The zero-order valence-electron chi connectivity index (χ0n) is 18.7. The van der Waals surface area contributed by atoms with Gasteiger partial charge >= 0.3 is 0 Å². The van der Waals surface area contributed by atoms with Gasteiger partial charge in [-0.25, -0.2) is 4.98 Å². The minimum absolute atomic E-state index is 0. The molecule has 160 valence electrons. The van der Waals surface area contributed by atoms with E-state index in [4.69, 9.17) is 0 Å². The van der Waals surface area contributed by atoms with Crippen molar-refractivity contribution < 1.29 is 0 Å². The highest BCUT2D eigenvalue weighted by atomic mass is 14.8. The molecule has 0 saturated carbocycles. The second-order valence-corrected chi connectivity index (χ2v) is 6.68. The molecule has 4 heterocycles. The summed E-state index contributed by atoms with van der Waals surface area (Å²) in [5.74, 6) is 1.12. The average Bonchev–Trinajstić information content (AvgIpc) is 3.40. The van der Waals surface area contributed by atoms with Gasteiger partial charge in [0.15, 0.2) is 0 Å². The first-order chi connectivity index (χ1) is 13.6. The van der Waals surface area contributed by atoms with Crippen molar-refractivity contribution in [3.8, 4) is 0 Å². The van der Waals surface area contributed by atoms with Crippen molar-refractivity contribution in [2.45, 2.75) is 81.2 Å². The number of aromatic nitrogens is 3. The maximum absolute atomic E-state index is 4.28. The second kappa shape index (κ2) is 13.6. The molecule has 0 aromatic carbocycles. The molecule has 4 rings (SSSR count). The molecule has 4 nitrogen and oxygen atoms in total. The third-order valence-corrected chi connectivity index (χ3v) is 4.31. The number of aliphatic imine (C=N–C) groups is 1. The van der Waals surface area contributed by atoms with Crippen LogP contribution >= 0.6 is 0 Å². The quantitative estimate of drug-likeness (QED) is 0.487. The fraction of sp³-hybridized carbons (Fsp3) is 0.480. The fourth-order valence-corrected chi connectivity index (χ4v) is 3.02. The van der Waals surface area contributed by atoms with E-state index in [0.717, 1.165) is 17.9 Å². The lowest BCUT2D eigenvalue weighted by molar-refractivity contribution is 0.855. The Morgan fingerprint density at radius 3 is 2.03 bits per heavy atom. The topological polar surface area (TPSA) is 53.9 Å². The Hall–Kier alpha value is -2.49. The predicted octanol–water partition coefficient (Wildman–Crippen LogP) is 7.51. The van der Waals surface area contributed by atoms with E-state index >= 15 is 0 Å². The molecule has 0 atom stereocenters. The lowest BCUT2D eigenvalue weighted by Gasteiger charge is -2.08. The average molecular weight is 397 g/mol. The van der Waals surface area contributed by atoms with Gasteiger partial charge in [-0.1, -0.05) is 62.8 Å². The third-order valence-electron chi connectivity index (χ3n) is 4.31. The van der Waals surface area contributed by atoms with Crippen LogP contribution < -0.4 is 0 Å². The molecule has 0 radical (unpaired) electrons. The van der Waals surface area contributed by atoms with Gasteiger partial charge in [0, 0.05) is 35.8 Å². The molecule has 0 unspecified atom stereocenters. The lowest BCUT2D eigenvalue weighted by atomic mass is 9.98. The normalized spacial score (nSPS) is 10.8. The molecule has 4 heteroatoms. The highest BCUT2D eigenvalue weighted by Crippen LogP contribution is 2.23. The number of nitrogens with zero attached hydrogens (tertiary/aromatic N) is 3. The number of H-pyrrole nitrogens is 1. The van der Waals surface area contributed by atoms with Crippen molar-refractivity contribution in [2.24, 2.45) is 4.99 Å². The molecule has 0 aliphatic carbocycles. The Balaban J connectivity index is 0.000000449. The molecular formula is C25H40N4. The number of pyridine rings is 2. The standard InChI is InChI=1S/2C10H12N2.2C2H6.CH4/c1-7(2)8-3-5-11-10-9(8)4-6-12-10;1-7(2)8-3-4-12-10-6-11-5-9(8)10;2*1-2;/h3-7H,1-2H3,(H,11,12);3-5,7H,6H2,1-2H3;2*1-2H3;1H4. The number of hydrogen-bond acceptors (Lipinski definition) is 3. The maximum atomic E-state index is 4.28. The first kappa shape index (κ1) is 26.5. The maximum Gasteiger partial charge on any atom is 0.137 e. The van der Waals surface area contributed by atoms with Gasteiger partial charge in [0.1, 0.15) is 5.65 Å². The molecule has 29 heavy (non-hydrogen) atoms. The van der Waals surface area contributed by atoms with E-state index in [-0.39, 0.29) is 7.43 Å². The van der Waals surface area contributed by atoms with Crippen molar-refractivity contribution in [3.05, 3.63) is 59.2 Å². The van der Waals surface area contributed by atoms with E-state index in [2.05, 4.69) is 65.8 Å². The van der Waals surface area contributed by atoms with Gasteiger partial charge in [0.05, 0.1) is 12.2 Å². The predicted molar refractivity (Wildman–Crippen MR) is 129 cm³/mol. The smallest absolute Gasteiger partial charge is 0.137 e. The van der Waals surface area contributed by atoms with Crippen LogP contribution in [0.25, 0.3) is 11.0 Å². The monoisotopic (exact) mass is 396 g/mol. The molecule has 0 fully saturated rings. The van der Waals surface area contributed by atoms with E-state index in [1.807, 2.05) is 52.5 Å². The molecule has 3 aromatic heterocycles. The van der Waals surface area contributed by atoms with Crippen LogP contribution in [-0.2, 0) is 6.54 Å². The minimum Gasteiger partial charge on any atom is -0.346 e. The van der Waals surface area contributed by atoms with Crippen molar-refractivity contribution in [1.82, 2.24) is 15.0 Å². The molecule has 1 aliphatic heterocycles. The van der Waals surface area contributed by atoms with Crippen LogP contribution in [-0.4, -0.2) is 21.2 Å². The summed E-state index contributed by atoms with van der Waals surface area (Å²) in [5, 5.41) is 1.24. The van der Waals surface area contributed by atoms with Gasteiger partial charge in [-0.05, 0) is 41.2 Å². The first-order valence-electron chi connectivity index (χ1n) is 10.5. The summed E-state index contributed by atoms with van der Waals surface area (Å²) in [4.78, 5) is 15.8. The molecule has 1 N–H and O–H groups in total. The Kier molecular flexibility index (Phi) is 12.5. The lowest BCUT2D eigenvalue weighted by Crippen LogP contribution is -1.98. The summed E-state index contributed by atoms with van der Waals surface area (Å²) < 4.78 is 0. The van der Waals surface area contributed by atoms with Crippen LogP contribution in [0.1, 0.15) is 97.0 Å². The summed E-state index contributed by atoms with van der Waals surface area (Å²) in [7, 11) is 0. The summed E-state index contributed by atoms with van der Waals surface area (Å²) in [6.45, 7) is 17.5. The highest BCUT2D eigenvalue weighted by molar-refractivity contribution is 5.85. The minimum atomic E-state index is 0. The summed E-state index contributed by atoms with van der Waals surface area (Å²) in [6, 6.07) is 6.25. The largest absolute Gasteiger partial charge is 0.346 e. The van der Waals surface area contributed by atoms with E-state index < -0.39 is 0 Å². The Morgan fingerprint density at radius 2 is 1.41 bits per heavy atom. The van der Waals surface area contributed by atoms with Crippen LogP contribution in [0, 0.1) is 0 Å². The van der Waals surface area contributed by atoms with Crippen LogP contribution in [0.4, 0.5) is 0 Å². The second-order valence-electron chi connectivity index (χ2n) is 6.68. The van der Waals surface area contributed by atoms with Gasteiger partial charge in [-0.2, -0.15) is 0 Å². The first-order valence-corrected chi connectivity index (χ1v) is 10.5. The number of rotatable bonds is 2. The highest BCUT2D eigenvalue weighted by Gasteiger charge is 2.13. The Bertz CT molecular complexity index is 860. The molecule has 1 aliphatic rings. The molecule has 0 spiro atoms. The molecular weight excluding hydrogens is 356 g/mol. The van der Waals surface area contributed by atoms with Crippen molar-refractivity contribution in [2.75, 3.05) is 0 Å². The fourth-order valence-electron chi connectivity index (χ4n) is 3.02. The molecule has 0 saturated heterocycles. The van der Waals surface area contributed by atoms with Gasteiger partial charge in [-0.15, -0.1) is 0 Å². The zero-order chi connectivity index (χ0) is 21.1. The number of fused-ring (bicyclic) bond motifs is 2. The number of aromatic amines is 1. The number of nitrogens with one attached hydrogen (secondary N) is 1. The van der Waals surface area contributed by atoms with Gasteiger partial charge in [-0.3, -0.25) is 9.98 Å². The van der Waals surface area contributed by atoms with Crippen LogP contribution in [0.3, 0.4) is 0 Å². The molecule has 0 bridgehead atoms. The van der Waals surface area contributed by atoms with E-state index in [1.165, 1.54) is 22.1 Å². The van der Waals surface area contributed by atoms with Gasteiger partial charge in [0.2, 0.25) is 0 Å².